The van der Waals surface area contributed by atoms with Gasteiger partial charge in [0.15, 0.2) is 6.17 Å². The lowest BCUT2D eigenvalue weighted by molar-refractivity contribution is -0.138. The Kier molecular flexibility index (Phi) is 8.76. The van der Waals surface area contributed by atoms with Gasteiger partial charge in [0.05, 0.1) is 18.1 Å². The smallest absolute Gasteiger partial charge is 0.323 e. The van der Waals surface area contributed by atoms with Crippen molar-refractivity contribution < 1.29 is 28.7 Å². The molecule has 204 valence electrons. The van der Waals surface area contributed by atoms with Gasteiger partial charge >= 0.3 is 12.0 Å². The van der Waals surface area contributed by atoms with Crippen LogP contribution in [0.1, 0.15) is 54.4 Å². The average Bonchev–Trinajstić information content (AvgIpc) is 3.38. The molecule has 10 nitrogen and oxygen atoms in total. The fourth-order valence-corrected chi connectivity index (χ4v) is 5.30. The molecule has 4 amide bonds. The normalized spacial score (nSPS) is 18.2. The zero-order valence-electron chi connectivity index (χ0n) is 21.3. The molecule has 0 bridgehead atoms. The highest BCUT2D eigenvalue weighted by Crippen LogP contribution is 2.29. The minimum atomic E-state index is -1.38. The highest BCUT2D eigenvalue weighted by molar-refractivity contribution is 6.01. The third-order valence-electron chi connectivity index (χ3n) is 7.18. The predicted octanol–water partition coefficient (Wildman–Crippen LogP) is 3.55. The van der Waals surface area contributed by atoms with Crippen molar-refractivity contribution in [3.05, 3.63) is 65.5 Å². The number of nitrogens with one attached hydrogen (secondary N) is 2. The van der Waals surface area contributed by atoms with Crippen molar-refractivity contribution in [1.29, 1.82) is 5.26 Å². The van der Waals surface area contributed by atoms with Crippen LogP contribution in [-0.4, -0.2) is 64.0 Å². The Labute approximate surface area is 225 Å². The molecule has 0 spiro atoms. The van der Waals surface area contributed by atoms with Crippen LogP contribution < -0.4 is 10.6 Å². The maximum absolute atomic E-state index is 13.7. The molecular weight excluding hydrogens is 505 g/mol. The second-order valence-corrected chi connectivity index (χ2v) is 9.81. The van der Waals surface area contributed by atoms with Gasteiger partial charge in [-0.15, -0.1) is 0 Å². The number of benzene rings is 2. The van der Waals surface area contributed by atoms with Gasteiger partial charge in [-0.2, -0.15) is 5.26 Å². The number of hydrogen-bond acceptors (Lipinski definition) is 5. The maximum Gasteiger partial charge on any atom is 0.323 e. The first-order valence-electron chi connectivity index (χ1n) is 12.9. The van der Waals surface area contributed by atoms with E-state index in [0.717, 1.165) is 38.2 Å². The maximum atomic E-state index is 13.7. The van der Waals surface area contributed by atoms with E-state index in [1.807, 2.05) is 6.07 Å². The Balaban J connectivity index is 1.62. The van der Waals surface area contributed by atoms with Crippen molar-refractivity contribution in [3.8, 4) is 6.07 Å². The quantitative estimate of drug-likeness (QED) is 0.495. The molecule has 2 aromatic carbocycles. The molecule has 1 aliphatic carbocycles. The third-order valence-corrected chi connectivity index (χ3v) is 7.18. The Morgan fingerprint density at radius 2 is 1.74 bits per heavy atom. The molecule has 11 heteroatoms. The van der Waals surface area contributed by atoms with Gasteiger partial charge in [0.25, 0.3) is 11.8 Å². The van der Waals surface area contributed by atoms with E-state index < -0.39 is 41.8 Å². The zero-order chi connectivity index (χ0) is 27.9. The number of carboxylic acids is 1. The van der Waals surface area contributed by atoms with E-state index in [1.165, 1.54) is 40.1 Å². The van der Waals surface area contributed by atoms with E-state index in [1.54, 1.807) is 12.1 Å². The summed E-state index contributed by atoms with van der Waals surface area (Å²) in [6, 6.07) is 11.9. The van der Waals surface area contributed by atoms with Crippen LogP contribution in [0.15, 0.2) is 48.5 Å². The van der Waals surface area contributed by atoms with Crippen molar-refractivity contribution in [2.75, 3.05) is 18.4 Å². The Hall–Kier alpha value is -4.46. The average molecular weight is 536 g/mol. The molecular formula is C28H30FN5O5. The van der Waals surface area contributed by atoms with Crippen LogP contribution in [-0.2, 0) is 9.59 Å². The molecule has 4 rings (SSSR count). The molecule has 1 heterocycles. The van der Waals surface area contributed by atoms with E-state index in [9.17, 15) is 33.9 Å². The molecule has 39 heavy (non-hydrogen) atoms. The second kappa shape index (κ2) is 12.4. The molecule has 0 radical (unpaired) electrons. The SMILES string of the molecule is N#Cc1cccc(C(=O)N2CCN(C(=O)Nc3cccc(F)c3)C2C(=O)NC(CC(=O)O)C2CCCCC2)c1. The summed E-state index contributed by atoms with van der Waals surface area (Å²) in [5.41, 5.74) is 0.616. The van der Waals surface area contributed by atoms with Crippen LogP contribution in [0.2, 0.25) is 0 Å². The number of hydrogen-bond donors (Lipinski definition) is 3. The van der Waals surface area contributed by atoms with Crippen LogP contribution in [0.25, 0.3) is 0 Å². The van der Waals surface area contributed by atoms with E-state index in [-0.39, 0.29) is 42.2 Å². The number of nitrogens with zero attached hydrogens (tertiary/aromatic N) is 3. The van der Waals surface area contributed by atoms with Crippen molar-refractivity contribution in [2.24, 2.45) is 5.92 Å². The summed E-state index contributed by atoms with van der Waals surface area (Å²) >= 11 is 0. The molecule has 2 aromatic rings. The lowest BCUT2D eigenvalue weighted by Crippen LogP contribution is -2.57. The summed E-state index contributed by atoms with van der Waals surface area (Å²) in [4.78, 5) is 54.5. The highest BCUT2D eigenvalue weighted by atomic mass is 19.1. The number of rotatable bonds is 7. The van der Waals surface area contributed by atoms with Crippen LogP contribution in [0, 0.1) is 23.1 Å². The summed E-state index contributed by atoms with van der Waals surface area (Å²) in [5.74, 6) is -2.88. The molecule has 2 atom stereocenters. The molecule has 2 aliphatic rings. The first kappa shape index (κ1) is 27.6. The van der Waals surface area contributed by atoms with Gasteiger partial charge < -0.3 is 20.6 Å². The number of halogens is 1. The van der Waals surface area contributed by atoms with Crippen LogP contribution in [0.5, 0.6) is 0 Å². The topological polar surface area (TPSA) is 143 Å². The predicted molar refractivity (Wildman–Crippen MR) is 139 cm³/mol. The summed E-state index contributed by atoms with van der Waals surface area (Å²) < 4.78 is 13.7. The molecule has 2 unspecified atom stereocenters. The van der Waals surface area contributed by atoms with Crippen molar-refractivity contribution in [2.45, 2.75) is 50.7 Å². The Bertz CT molecular complexity index is 1290. The number of carbonyl (C=O) groups excluding carboxylic acids is 3. The van der Waals surface area contributed by atoms with Crippen LogP contribution in [0.3, 0.4) is 0 Å². The number of nitriles is 1. The van der Waals surface area contributed by atoms with Gasteiger partial charge in [0.1, 0.15) is 5.82 Å². The van der Waals surface area contributed by atoms with Crippen molar-refractivity contribution in [1.82, 2.24) is 15.1 Å². The molecule has 2 fully saturated rings. The minimum Gasteiger partial charge on any atom is -0.481 e. The van der Waals surface area contributed by atoms with E-state index >= 15 is 0 Å². The first-order chi connectivity index (χ1) is 18.8. The lowest BCUT2D eigenvalue weighted by atomic mass is 9.82. The largest absolute Gasteiger partial charge is 0.481 e. The highest BCUT2D eigenvalue weighted by Gasteiger charge is 2.44. The molecule has 1 saturated carbocycles. The number of amides is 4. The fourth-order valence-electron chi connectivity index (χ4n) is 5.30. The number of carbonyl (C=O) groups is 4. The van der Waals surface area contributed by atoms with Gasteiger partial charge in [-0.05, 0) is 55.2 Å². The Morgan fingerprint density at radius 3 is 2.44 bits per heavy atom. The zero-order valence-corrected chi connectivity index (χ0v) is 21.3. The number of urea groups is 1. The fraction of sp³-hybridized carbons (Fsp3) is 0.393. The second-order valence-electron chi connectivity index (χ2n) is 9.81. The van der Waals surface area contributed by atoms with Crippen LogP contribution in [0.4, 0.5) is 14.9 Å². The molecule has 1 aliphatic heterocycles. The van der Waals surface area contributed by atoms with E-state index in [2.05, 4.69) is 10.6 Å². The first-order valence-corrected chi connectivity index (χ1v) is 12.9. The van der Waals surface area contributed by atoms with Gasteiger partial charge in [0, 0.05) is 30.4 Å². The van der Waals surface area contributed by atoms with Gasteiger partial charge in [-0.25, -0.2) is 9.18 Å². The lowest BCUT2D eigenvalue weighted by Gasteiger charge is -2.34. The van der Waals surface area contributed by atoms with Gasteiger partial charge in [0.2, 0.25) is 0 Å². The minimum absolute atomic E-state index is 0.00986. The van der Waals surface area contributed by atoms with Crippen LogP contribution >= 0.6 is 0 Å². The summed E-state index contributed by atoms with van der Waals surface area (Å²) in [6.45, 7) is 0.0350. The monoisotopic (exact) mass is 535 g/mol. The van der Waals surface area contributed by atoms with Crippen molar-refractivity contribution in [3.63, 3.8) is 0 Å². The number of anilines is 1. The Morgan fingerprint density at radius 1 is 1.03 bits per heavy atom. The number of carboxylic acid groups (broad SMARTS) is 1. The molecule has 0 aromatic heterocycles. The van der Waals surface area contributed by atoms with Crippen molar-refractivity contribution >= 4 is 29.5 Å². The summed E-state index contributed by atoms with van der Waals surface area (Å²) in [6.07, 6.45) is 2.80. The van der Waals surface area contributed by atoms with Gasteiger partial charge in [-0.3, -0.25) is 19.3 Å². The third kappa shape index (κ3) is 6.71. The van der Waals surface area contributed by atoms with E-state index in [0.29, 0.717) is 0 Å². The number of aliphatic carboxylic acids is 1. The standard InChI is InChI=1S/C28H30FN5O5/c29-21-10-5-11-22(15-21)31-28(39)34-13-12-33(27(38)20-9-4-6-18(14-20)17-30)26(34)25(37)32-23(16-24(35)36)19-7-2-1-3-8-19/h4-6,9-11,14-15,19,23,26H,1-3,7-8,12-13,16H2,(H,31,39)(H,32,37)(H,35,36). The summed E-state index contributed by atoms with van der Waals surface area (Å²) in [5, 5.41) is 24.2. The molecule has 3 N–H and O–H groups in total. The van der Waals surface area contributed by atoms with Gasteiger partial charge in [-0.1, -0.05) is 31.4 Å². The summed E-state index contributed by atoms with van der Waals surface area (Å²) in [7, 11) is 0. The van der Waals surface area contributed by atoms with E-state index in [4.69, 9.17) is 0 Å². The molecule has 1 saturated heterocycles.